The van der Waals surface area contributed by atoms with Crippen LogP contribution in [0.5, 0.6) is 5.75 Å². The minimum Gasteiger partial charge on any atom is -0.505 e. The largest absolute Gasteiger partial charge is 0.505 e. The third-order valence-electron chi connectivity index (χ3n) is 3.02. The summed E-state index contributed by atoms with van der Waals surface area (Å²) in [6.45, 7) is 0.193. The standard InChI is InChI=1S/C13H13Cl2N3O3/c1-17-6-7(12(20)18(2)13(17)21)5-16-8-3-9(14)11(19)10(15)4-8/h3-4,6,16,19H,5H2,1-2H3. The van der Waals surface area contributed by atoms with Gasteiger partial charge in [-0.05, 0) is 12.1 Å². The number of anilines is 1. The molecule has 0 aliphatic carbocycles. The lowest BCUT2D eigenvalue weighted by atomic mass is 10.2. The molecule has 0 amide bonds. The predicted molar refractivity (Wildman–Crippen MR) is 82.4 cm³/mol. The molecule has 0 spiro atoms. The highest BCUT2D eigenvalue weighted by molar-refractivity contribution is 6.37. The van der Waals surface area contributed by atoms with Crippen LogP contribution in [0.25, 0.3) is 0 Å². The van der Waals surface area contributed by atoms with Crippen molar-refractivity contribution in [2.45, 2.75) is 6.54 Å². The zero-order valence-electron chi connectivity index (χ0n) is 11.4. The molecule has 0 saturated heterocycles. The number of rotatable bonds is 3. The first kappa shape index (κ1) is 15.5. The summed E-state index contributed by atoms with van der Waals surface area (Å²) in [6, 6.07) is 2.99. The van der Waals surface area contributed by atoms with Gasteiger partial charge >= 0.3 is 5.69 Å². The van der Waals surface area contributed by atoms with Crippen molar-refractivity contribution in [3.8, 4) is 5.75 Å². The zero-order valence-corrected chi connectivity index (χ0v) is 12.9. The Morgan fingerprint density at radius 2 is 1.76 bits per heavy atom. The van der Waals surface area contributed by atoms with Crippen molar-refractivity contribution in [3.63, 3.8) is 0 Å². The Kier molecular flexibility index (Phi) is 4.29. The summed E-state index contributed by atoms with van der Waals surface area (Å²) in [7, 11) is 2.99. The number of aromatic hydroxyl groups is 1. The third kappa shape index (κ3) is 3.06. The van der Waals surface area contributed by atoms with Gasteiger partial charge in [0.2, 0.25) is 0 Å². The van der Waals surface area contributed by atoms with E-state index in [1.807, 2.05) is 0 Å². The molecule has 1 aromatic heterocycles. The van der Waals surface area contributed by atoms with Crippen molar-refractivity contribution < 1.29 is 5.11 Å². The smallest absolute Gasteiger partial charge is 0.330 e. The number of aryl methyl sites for hydroxylation is 1. The van der Waals surface area contributed by atoms with Crippen LogP contribution in [0.4, 0.5) is 5.69 Å². The van der Waals surface area contributed by atoms with Gasteiger partial charge in [0.1, 0.15) is 0 Å². The van der Waals surface area contributed by atoms with Gasteiger partial charge in [-0.1, -0.05) is 23.2 Å². The molecule has 0 aliphatic rings. The molecule has 0 aliphatic heterocycles. The maximum Gasteiger partial charge on any atom is 0.330 e. The molecule has 1 heterocycles. The summed E-state index contributed by atoms with van der Waals surface area (Å²) in [6.07, 6.45) is 1.47. The Bertz CT molecular complexity index is 788. The summed E-state index contributed by atoms with van der Waals surface area (Å²) < 4.78 is 2.36. The molecule has 2 N–H and O–H groups in total. The van der Waals surface area contributed by atoms with E-state index in [-0.39, 0.29) is 33.6 Å². The van der Waals surface area contributed by atoms with Crippen LogP contribution in [0.2, 0.25) is 10.0 Å². The van der Waals surface area contributed by atoms with E-state index in [2.05, 4.69) is 5.32 Å². The van der Waals surface area contributed by atoms with Gasteiger partial charge in [-0.2, -0.15) is 0 Å². The van der Waals surface area contributed by atoms with E-state index in [9.17, 15) is 14.7 Å². The Balaban J connectivity index is 2.29. The fourth-order valence-electron chi connectivity index (χ4n) is 1.87. The number of halogens is 2. The highest BCUT2D eigenvalue weighted by Crippen LogP contribution is 2.34. The number of phenolic OH excluding ortho intramolecular Hbond substituents is 1. The molecule has 2 aromatic rings. The van der Waals surface area contributed by atoms with E-state index in [0.717, 1.165) is 4.57 Å². The third-order valence-corrected chi connectivity index (χ3v) is 3.59. The molecule has 8 heteroatoms. The number of nitrogens with one attached hydrogen (secondary N) is 1. The molecule has 6 nitrogen and oxygen atoms in total. The van der Waals surface area contributed by atoms with E-state index < -0.39 is 0 Å². The summed E-state index contributed by atoms with van der Waals surface area (Å²) in [5.74, 6) is -0.193. The molecule has 0 atom stereocenters. The lowest BCUT2D eigenvalue weighted by Gasteiger charge is -2.10. The van der Waals surface area contributed by atoms with Crippen molar-refractivity contribution in [1.82, 2.24) is 9.13 Å². The van der Waals surface area contributed by atoms with E-state index in [4.69, 9.17) is 23.2 Å². The lowest BCUT2D eigenvalue weighted by molar-refractivity contribution is 0.476. The molecule has 1 aromatic carbocycles. The molecular formula is C13H13Cl2N3O3. The molecule has 0 bridgehead atoms. The molecule has 112 valence electrons. The second-order valence-electron chi connectivity index (χ2n) is 4.55. The van der Waals surface area contributed by atoms with Crippen LogP contribution < -0.4 is 16.6 Å². The van der Waals surface area contributed by atoms with Gasteiger partial charge in [0, 0.05) is 32.5 Å². The Morgan fingerprint density at radius 3 is 2.33 bits per heavy atom. The van der Waals surface area contributed by atoms with Gasteiger partial charge in [-0.25, -0.2) is 4.79 Å². The first-order valence-corrected chi connectivity index (χ1v) is 6.74. The number of nitrogens with zero attached hydrogens (tertiary/aromatic N) is 2. The maximum absolute atomic E-state index is 12.0. The first-order chi connectivity index (χ1) is 9.81. The summed E-state index contributed by atoms with van der Waals surface area (Å²) in [4.78, 5) is 23.6. The average Bonchev–Trinajstić information content (AvgIpc) is 2.44. The Hall–Kier alpha value is -1.92. The highest BCUT2D eigenvalue weighted by atomic mass is 35.5. The highest BCUT2D eigenvalue weighted by Gasteiger charge is 2.09. The van der Waals surface area contributed by atoms with Crippen LogP contribution in [0.3, 0.4) is 0 Å². The monoisotopic (exact) mass is 329 g/mol. The summed E-state index contributed by atoms with van der Waals surface area (Å²) in [5, 5.41) is 12.7. The number of hydrogen-bond acceptors (Lipinski definition) is 4. The summed E-state index contributed by atoms with van der Waals surface area (Å²) >= 11 is 11.6. The Morgan fingerprint density at radius 1 is 1.19 bits per heavy atom. The van der Waals surface area contributed by atoms with Crippen LogP contribution in [0.1, 0.15) is 5.56 Å². The van der Waals surface area contributed by atoms with Crippen LogP contribution in [0, 0.1) is 0 Å². The second kappa shape index (κ2) is 5.83. The topological polar surface area (TPSA) is 76.3 Å². The second-order valence-corrected chi connectivity index (χ2v) is 5.37. The average molecular weight is 330 g/mol. The zero-order chi connectivity index (χ0) is 15.7. The van der Waals surface area contributed by atoms with E-state index in [0.29, 0.717) is 11.3 Å². The van der Waals surface area contributed by atoms with Crippen LogP contribution >= 0.6 is 23.2 Å². The normalized spacial score (nSPS) is 10.7. The van der Waals surface area contributed by atoms with Crippen LogP contribution in [-0.2, 0) is 20.6 Å². The molecule has 0 saturated carbocycles. The van der Waals surface area contributed by atoms with E-state index >= 15 is 0 Å². The van der Waals surface area contributed by atoms with Gasteiger partial charge in [-0.3, -0.25) is 9.36 Å². The van der Waals surface area contributed by atoms with Crippen molar-refractivity contribution in [2.24, 2.45) is 14.1 Å². The molecule has 0 fully saturated rings. The fourth-order valence-corrected chi connectivity index (χ4v) is 2.36. The quantitative estimate of drug-likeness (QED) is 0.840. The number of hydrogen-bond donors (Lipinski definition) is 2. The van der Waals surface area contributed by atoms with Gasteiger partial charge in [-0.15, -0.1) is 0 Å². The molecular weight excluding hydrogens is 317 g/mol. The number of aromatic nitrogens is 2. The van der Waals surface area contributed by atoms with Gasteiger partial charge in [0.05, 0.1) is 15.6 Å². The molecule has 0 radical (unpaired) electrons. The summed E-state index contributed by atoms with van der Waals surface area (Å²) in [5.41, 5.74) is 0.208. The minimum absolute atomic E-state index is 0.110. The molecule has 21 heavy (non-hydrogen) atoms. The van der Waals surface area contributed by atoms with Crippen LogP contribution in [-0.4, -0.2) is 14.2 Å². The predicted octanol–water partition coefficient (Wildman–Crippen LogP) is 1.71. The molecule has 2 rings (SSSR count). The van der Waals surface area contributed by atoms with Crippen molar-refractivity contribution >= 4 is 28.9 Å². The maximum atomic E-state index is 12.0. The molecule has 0 unspecified atom stereocenters. The van der Waals surface area contributed by atoms with E-state index in [1.165, 1.54) is 29.9 Å². The van der Waals surface area contributed by atoms with Gasteiger partial charge < -0.3 is 15.0 Å². The fraction of sp³-hybridized carbons (Fsp3) is 0.231. The number of benzene rings is 1. The first-order valence-electron chi connectivity index (χ1n) is 5.98. The number of phenols is 1. The minimum atomic E-state index is -0.389. The van der Waals surface area contributed by atoms with Crippen LogP contribution in [0.15, 0.2) is 27.9 Å². The van der Waals surface area contributed by atoms with E-state index in [1.54, 1.807) is 7.05 Å². The van der Waals surface area contributed by atoms with Crippen molar-refractivity contribution in [3.05, 3.63) is 54.8 Å². The SMILES string of the molecule is Cn1cc(CNc2cc(Cl)c(O)c(Cl)c2)c(=O)n(C)c1=O. The Labute approximate surface area is 130 Å². The lowest BCUT2D eigenvalue weighted by Crippen LogP contribution is -2.38. The van der Waals surface area contributed by atoms with Crippen molar-refractivity contribution in [1.29, 1.82) is 0 Å². The van der Waals surface area contributed by atoms with Gasteiger partial charge in [0.15, 0.2) is 5.75 Å². The van der Waals surface area contributed by atoms with Crippen molar-refractivity contribution in [2.75, 3.05) is 5.32 Å². The van der Waals surface area contributed by atoms with Gasteiger partial charge in [0.25, 0.3) is 5.56 Å².